The Bertz CT molecular complexity index is 558. The largest absolute Gasteiger partial charge is 0.461 e. The topological polar surface area (TPSA) is 54.3 Å². The fraction of sp³-hybridized carbons (Fsp3) is 0.438. The number of halogens is 1. The molecule has 0 saturated carbocycles. The standard InChI is InChI=1S/C16H20N2O2.ClH/c19-16(12-5-8-17-9-6-12)18-10-7-14-11-13-3-1-2-4-15(13)20-14;/h1-4,11-12,17H,5-10H2,(H,18,19);1H. The number of furan rings is 1. The summed E-state index contributed by atoms with van der Waals surface area (Å²) in [7, 11) is 0. The molecule has 114 valence electrons. The molecular weight excluding hydrogens is 288 g/mol. The van der Waals surface area contributed by atoms with Crippen LogP contribution in [0.25, 0.3) is 11.0 Å². The minimum Gasteiger partial charge on any atom is -0.461 e. The van der Waals surface area contributed by atoms with Gasteiger partial charge in [-0.1, -0.05) is 18.2 Å². The van der Waals surface area contributed by atoms with Gasteiger partial charge in [-0.05, 0) is 38.1 Å². The van der Waals surface area contributed by atoms with Crippen molar-refractivity contribution < 1.29 is 9.21 Å². The molecule has 0 aliphatic carbocycles. The first kappa shape index (κ1) is 15.9. The lowest BCUT2D eigenvalue weighted by Crippen LogP contribution is -2.38. The van der Waals surface area contributed by atoms with E-state index in [1.165, 1.54) is 0 Å². The molecular formula is C16H21ClN2O2. The molecule has 1 aliphatic heterocycles. The molecule has 1 aliphatic rings. The number of nitrogens with one attached hydrogen (secondary N) is 2. The van der Waals surface area contributed by atoms with Crippen molar-refractivity contribution in [1.29, 1.82) is 0 Å². The van der Waals surface area contributed by atoms with E-state index in [0.29, 0.717) is 6.54 Å². The van der Waals surface area contributed by atoms with Gasteiger partial charge in [0, 0.05) is 24.3 Å². The first-order valence-electron chi connectivity index (χ1n) is 7.29. The molecule has 1 aromatic heterocycles. The quantitative estimate of drug-likeness (QED) is 0.912. The minimum atomic E-state index is 0. The van der Waals surface area contributed by atoms with Gasteiger partial charge in [-0.15, -0.1) is 12.4 Å². The number of rotatable bonds is 4. The summed E-state index contributed by atoms with van der Waals surface area (Å²) in [5.74, 6) is 1.28. The Morgan fingerprint density at radius 2 is 2.05 bits per heavy atom. The summed E-state index contributed by atoms with van der Waals surface area (Å²) in [6, 6.07) is 10.0. The van der Waals surface area contributed by atoms with E-state index >= 15 is 0 Å². The first-order valence-corrected chi connectivity index (χ1v) is 7.29. The van der Waals surface area contributed by atoms with Crippen LogP contribution in [0, 0.1) is 5.92 Å². The molecule has 2 heterocycles. The van der Waals surface area contributed by atoms with Gasteiger partial charge in [0.15, 0.2) is 0 Å². The molecule has 0 atom stereocenters. The smallest absolute Gasteiger partial charge is 0.223 e. The van der Waals surface area contributed by atoms with E-state index in [4.69, 9.17) is 4.42 Å². The highest BCUT2D eigenvalue weighted by atomic mass is 35.5. The van der Waals surface area contributed by atoms with Crippen LogP contribution >= 0.6 is 12.4 Å². The summed E-state index contributed by atoms with van der Waals surface area (Å²) in [6.45, 7) is 2.53. The lowest BCUT2D eigenvalue weighted by molar-refractivity contribution is -0.125. The highest BCUT2D eigenvalue weighted by molar-refractivity contribution is 5.85. The van der Waals surface area contributed by atoms with E-state index in [9.17, 15) is 4.79 Å². The summed E-state index contributed by atoms with van der Waals surface area (Å²) in [4.78, 5) is 12.0. The van der Waals surface area contributed by atoms with Crippen molar-refractivity contribution in [2.24, 2.45) is 5.92 Å². The van der Waals surface area contributed by atoms with Gasteiger partial charge in [-0.25, -0.2) is 0 Å². The molecule has 1 saturated heterocycles. The maximum absolute atomic E-state index is 12.0. The van der Waals surface area contributed by atoms with E-state index in [-0.39, 0.29) is 24.2 Å². The van der Waals surface area contributed by atoms with Gasteiger partial charge < -0.3 is 15.1 Å². The molecule has 21 heavy (non-hydrogen) atoms. The third kappa shape index (κ3) is 3.99. The average Bonchev–Trinajstić information content (AvgIpc) is 2.90. The third-order valence-corrected chi connectivity index (χ3v) is 3.86. The number of hydrogen-bond acceptors (Lipinski definition) is 3. The summed E-state index contributed by atoms with van der Waals surface area (Å²) >= 11 is 0. The number of fused-ring (bicyclic) bond motifs is 1. The monoisotopic (exact) mass is 308 g/mol. The van der Waals surface area contributed by atoms with Crippen molar-refractivity contribution in [3.05, 3.63) is 36.1 Å². The second-order valence-corrected chi connectivity index (χ2v) is 5.32. The average molecular weight is 309 g/mol. The van der Waals surface area contributed by atoms with Crippen LogP contribution in [0.4, 0.5) is 0 Å². The molecule has 1 fully saturated rings. The maximum Gasteiger partial charge on any atom is 0.223 e. The van der Waals surface area contributed by atoms with Gasteiger partial charge in [0.25, 0.3) is 0 Å². The number of benzene rings is 1. The second-order valence-electron chi connectivity index (χ2n) is 5.32. The van der Waals surface area contributed by atoms with E-state index in [2.05, 4.69) is 10.6 Å². The molecule has 2 aromatic rings. The van der Waals surface area contributed by atoms with Gasteiger partial charge in [0.05, 0.1) is 0 Å². The number of carbonyl (C=O) groups is 1. The number of hydrogen-bond donors (Lipinski definition) is 2. The zero-order valence-corrected chi connectivity index (χ0v) is 12.7. The second kappa shape index (κ2) is 7.48. The number of carbonyl (C=O) groups excluding carboxylic acids is 1. The first-order chi connectivity index (χ1) is 9.83. The highest BCUT2D eigenvalue weighted by Crippen LogP contribution is 2.19. The van der Waals surface area contributed by atoms with Crippen LogP contribution in [-0.4, -0.2) is 25.5 Å². The SMILES string of the molecule is Cl.O=C(NCCc1cc2ccccc2o1)C1CCNCC1. The Morgan fingerprint density at radius 1 is 1.29 bits per heavy atom. The van der Waals surface area contributed by atoms with Crippen LogP contribution in [-0.2, 0) is 11.2 Å². The van der Waals surface area contributed by atoms with E-state index < -0.39 is 0 Å². The predicted molar refractivity (Wildman–Crippen MR) is 85.8 cm³/mol. The normalized spacial score (nSPS) is 15.6. The van der Waals surface area contributed by atoms with Crippen LogP contribution in [0.15, 0.2) is 34.7 Å². The summed E-state index contributed by atoms with van der Waals surface area (Å²) in [5.41, 5.74) is 0.909. The number of para-hydroxylation sites is 1. The Morgan fingerprint density at radius 3 is 2.81 bits per heavy atom. The molecule has 5 heteroatoms. The van der Waals surface area contributed by atoms with Gasteiger partial charge in [0.1, 0.15) is 11.3 Å². The minimum absolute atomic E-state index is 0. The molecule has 0 bridgehead atoms. The lowest BCUT2D eigenvalue weighted by Gasteiger charge is -2.21. The molecule has 2 N–H and O–H groups in total. The Labute approximate surface area is 130 Å². The van der Waals surface area contributed by atoms with Crippen molar-refractivity contribution in [3.63, 3.8) is 0 Å². The molecule has 0 spiro atoms. The van der Waals surface area contributed by atoms with E-state index in [1.54, 1.807) is 0 Å². The molecule has 0 unspecified atom stereocenters. The molecule has 1 amide bonds. The molecule has 4 nitrogen and oxygen atoms in total. The summed E-state index contributed by atoms with van der Waals surface area (Å²) in [5, 5.41) is 7.41. The van der Waals surface area contributed by atoms with Crippen LogP contribution < -0.4 is 10.6 Å². The van der Waals surface area contributed by atoms with Crippen molar-refractivity contribution in [2.75, 3.05) is 19.6 Å². The van der Waals surface area contributed by atoms with Crippen molar-refractivity contribution in [2.45, 2.75) is 19.3 Å². The van der Waals surface area contributed by atoms with Gasteiger partial charge >= 0.3 is 0 Å². The predicted octanol–water partition coefficient (Wildman–Crippen LogP) is 2.51. The van der Waals surface area contributed by atoms with Crippen LogP contribution in [0.3, 0.4) is 0 Å². The third-order valence-electron chi connectivity index (χ3n) is 3.86. The number of piperidine rings is 1. The molecule has 0 radical (unpaired) electrons. The van der Waals surface area contributed by atoms with Gasteiger partial charge in [0.2, 0.25) is 5.91 Å². The van der Waals surface area contributed by atoms with Gasteiger partial charge in [-0.2, -0.15) is 0 Å². The fourth-order valence-corrected chi connectivity index (χ4v) is 2.70. The zero-order valence-electron chi connectivity index (χ0n) is 11.9. The lowest BCUT2D eigenvalue weighted by atomic mass is 9.97. The van der Waals surface area contributed by atoms with Crippen molar-refractivity contribution in [1.82, 2.24) is 10.6 Å². The van der Waals surface area contributed by atoms with E-state index in [0.717, 1.165) is 49.1 Å². The highest BCUT2D eigenvalue weighted by Gasteiger charge is 2.20. The van der Waals surface area contributed by atoms with Crippen LogP contribution in [0.5, 0.6) is 0 Å². The fourth-order valence-electron chi connectivity index (χ4n) is 2.70. The van der Waals surface area contributed by atoms with Crippen molar-refractivity contribution in [3.8, 4) is 0 Å². The molecule has 1 aromatic carbocycles. The summed E-state index contributed by atoms with van der Waals surface area (Å²) < 4.78 is 5.73. The Balaban J connectivity index is 0.00000161. The zero-order chi connectivity index (χ0) is 13.8. The Hall–Kier alpha value is -1.52. The number of amides is 1. The Kier molecular flexibility index (Phi) is 5.65. The summed E-state index contributed by atoms with van der Waals surface area (Å²) in [6.07, 6.45) is 2.62. The molecule has 3 rings (SSSR count). The van der Waals surface area contributed by atoms with E-state index in [1.807, 2.05) is 30.3 Å². The van der Waals surface area contributed by atoms with Gasteiger partial charge in [-0.3, -0.25) is 4.79 Å². The van der Waals surface area contributed by atoms with Crippen LogP contribution in [0.1, 0.15) is 18.6 Å². The van der Waals surface area contributed by atoms with Crippen LogP contribution in [0.2, 0.25) is 0 Å². The maximum atomic E-state index is 12.0. The van der Waals surface area contributed by atoms with Crippen molar-refractivity contribution >= 4 is 29.3 Å².